The van der Waals surface area contributed by atoms with Crippen molar-refractivity contribution in [3.63, 3.8) is 0 Å². The van der Waals surface area contributed by atoms with Gasteiger partial charge in [0.25, 0.3) is 0 Å². The summed E-state index contributed by atoms with van der Waals surface area (Å²) in [5.41, 5.74) is -0.0723. The van der Waals surface area contributed by atoms with Gasteiger partial charge in [-0.1, -0.05) is 18.2 Å². The second kappa shape index (κ2) is 6.70. The minimum atomic E-state index is -0.0723. The Morgan fingerprint density at radius 1 is 1.00 bits per heavy atom. The molecule has 1 aromatic heterocycles. The molecule has 0 unspecified atom stereocenters. The average Bonchev–Trinajstić information content (AvgIpc) is 3.12. The highest BCUT2D eigenvalue weighted by Crippen LogP contribution is 2.60. The molecule has 0 N–H and O–H groups in total. The topological polar surface area (TPSA) is 39.4 Å². The summed E-state index contributed by atoms with van der Waals surface area (Å²) in [7, 11) is 0. The molecule has 1 heterocycles. The first-order valence-corrected chi connectivity index (χ1v) is 10.2. The lowest BCUT2D eigenvalue weighted by Gasteiger charge is -2.55. The highest BCUT2D eigenvalue weighted by molar-refractivity contribution is 5.98. The summed E-state index contributed by atoms with van der Waals surface area (Å²) >= 11 is 0. The first-order valence-electron chi connectivity index (χ1n) is 10.2. The van der Waals surface area contributed by atoms with Gasteiger partial charge in [-0.15, -0.1) is 0 Å². The smallest absolute Gasteiger partial charge is 0.161 e. The van der Waals surface area contributed by atoms with E-state index < -0.39 is 0 Å². The van der Waals surface area contributed by atoms with E-state index in [2.05, 4.69) is 0 Å². The molecule has 0 atom stereocenters. The van der Waals surface area contributed by atoms with Crippen LogP contribution in [0.5, 0.6) is 5.75 Å². The van der Waals surface area contributed by atoms with E-state index in [0.29, 0.717) is 12.4 Å². The summed E-state index contributed by atoms with van der Waals surface area (Å²) in [6, 6.07) is 13.5. The van der Waals surface area contributed by atoms with Crippen LogP contribution in [0.15, 0.2) is 53.0 Å². The number of ether oxygens (including phenoxy) is 1. The number of carbonyl (C=O) groups excluding carboxylic acids is 1. The van der Waals surface area contributed by atoms with Gasteiger partial charge in [-0.2, -0.15) is 0 Å². The van der Waals surface area contributed by atoms with Crippen molar-refractivity contribution in [3.8, 4) is 5.75 Å². The molecule has 2 aromatic rings. The van der Waals surface area contributed by atoms with Crippen LogP contribution in [-0.4, -0.2) is 5.78 Å². The molecule has 4 bridgehead atoms. The number of hydrogen-bond acceptors (Lipinski definition) is 3. The molecule has 3 nitrogen and oxygen atoms in total. The summed E-state index contributed by atoms with van der Waals surface area (Å²) in [6.45, 7) is 0.390. The molecular formula is C24H26O3. The molecule has 0 saturated heterocycles. The number of carbonyl (C=O) groups is 1. The number of ketones is 1. The molecule has 4 fully saturated rings. The van der Waals surface area contributed by atoms with Crippen LogP contribution >= 0.6 is 0 Å². The van der Waals surface area contributed by atoms with Gasteiger partial charge in [0.1, 0.15) is 23.9 Å². The zero-order valence-electron chi connectivity index (χ0n) is 15.6. The molecule has 4 aliphatic carbocycles. The third kappa shape index (κ3) is 3.36. The Morgan fingerprint density at radius 2 is 1.67 bits per heavy atom. The van der Waals surface area contributed by atoms with Crippen LogP contribution in [0.3, 0.4) is 0 Å². The van der Waals surface area contributed by atoms with Gasteiger partial charge in [-0.05, 0) is 92.7 Å². The maximum absolute atomic E-state index is 13.0. The first kappa shape index (κ1) is 16.9. The number of rotatable bonds is 6. The van der Waals surface area contributed by atoms with Gasteiger partial charge >= 0.3 is 0 Å². The van der Waals surface area contributed by atoms with Gasteiger partial charge in [-0.3, -0.25) is 4.79 Å². The number of hydrogen-bond donors (Lipinski definition) is 0. The fourth-order valence-electron chi connectivity index (χ4n) is 5.98. The van der Waals surface area contributed by atoms with E-state index in [1.807, 2.05) is 48.5 Å². The second-order valence-corrected chi connectivity index (χ2v) is 8.80. The van der Waals surface area contributed by atoms with Crippen molar-refractivity contribution in [2.45, 2.75) is 45.1 Å². The zero-order chi connectivity index (χ0) is 18.3. The summed E-state index contributed by atoms with van der Waals surface area (Å²) in [4.78, 5) is 13.0. The predicted octanol–water partition coefficient (Wildman–Crippen LogP) is 5.66. The molecule has 27 heavy (non-hydrogen) atoms. The number of furan rings is 1. The Bertz CT molecular complexity index is 810. The van der Waals surface area contributed by atoms with Crippen molar-refractivity contribution in [1.82, 2.24) is 0 Å². The number of benzene rings is 1. The lowest BCUT2D eigenvalue weighted by molar-refractivity contribution is -0.138. The maximum atomic E-state index is 13.0. The minimum Gasteiger partial charge on any atom is -0.486 e. The number of allylic oxidation sites excluding steroid dienone is 1. The lowest BCUT2D eigenvalue weighted by Crippen LogP contribution is -2.49. The van der Waals surface area contributed by atoms with Gasteiger partial charge < -0.3 is 9.15 Å². The molecular weight excluding hydrogens is 336 g/mol. The van der Waals surface area contributed by atoms with Gasteiger partial charge in [0.05, 0.1) is 0 Å². The predicted molar refractivity (Wildman–Crippen MR) is 104 cm³/mol. The van der Waals surface area contributed by atoms with Crippen LogP contribution in [0.2, 0.25) is 0 Å². The fraction of sp³-hybridized carbons (Fsp3) is 0.458. The molecule has 4 aliphatic rings. The molecule has 0 aliphatic heterocycles. The Balaban J connectivity index is 1.22. The molecule has 6 rings (SSSR count). The minimum absolute atomic E-state index is 0.0723. The highest BCUT2D eigenvalue weighted by atomic mass is 16.5. The third-order valence-corrected chi connectivity index (χ3v) is 6.77. The van der Waals surface area contributed by atoms with E-state index >= 15 is 0 Å². The highest BCUT2D eigenvalue weighted by Gasteiger charge is 2.53. The van der Waals surface area contributed by atoms with Crippen LogP contribution in [0.25, 0.3) is 6.08 Å². The van der Waals surface area contributed by atoms with Crippen molar-refractivity contribution in [3.05, 3.63) is 60.1 Å². The lowest BCUT2D eigenvalue weighted by atomic mass is 9.48. The largest absolute Gasteiger partial charge is 0.486 e. The van der Waals surface area contributed by atoms with E-state index in [-0.39, 0.29) is 5.41 Å². The molecule has 140 valence electrons. The average molecular weight is 362 g/mol. The molecule has 0 spiro atoms. The normalized spacial score (nSPS) is 31.5. The maximum Gasteiger partial charge on any atom is 0.161 e. The van der Waals surface area contributed by atoms with Crippen molar-refractivity contribution in [2.24, 2.45) is 23.2 Å². The summed E-state index contributed by atoms with van der Waals surface area (Å²) < 4.78 is 11.5. The zero-order valence-corrected chi connectivity index (χ0v) is 15.6. The Labute approximate surface area is 160 Å². The Morgan fingerprint density at radius 3 is 2.33 bits per heavy atom. The fourth-order valence-corrected chi connectivity index (χ4v) is 5.98. The Hall–Kier alpha value is -2.29. The van der Waals surface area contributed by atoms with E-state index in [4.69, 9.17) is 9.15 Å². The third-order valence-electron chi connectivity index (χ3n) is 6.77. The molecule has 3 heteroatoms. The van der Waals surface area contributed by atoms with Crippen molar-refractivity contribution < 1.29 is 13.9 Å². The molecule has 0 amide bonds. The van der Waals surface area contributed by atoms with Crippen molar-refractivity contribution >= 4 is 11.9 Å². The van der Waals surface area contributed by atoms with E-state index in [1.165, 1.54) is 19.3 Å². The summed E-state index contributed by atoms with van der Waals surface area (Å²) in [5.74, 6) is 5.00. The van der Waals surface area contributed by atoms with Gasteiger partial charge in [0.15, 0.2) is 5.78 Å². The van der Waals surface area contributed by atoms with Gasteiger partial charge in [-0.25, -0.2) is 0 Å². The molecule has 0 radical (unpaired) electrons. The summed E-state index contributed by atoms with van der Waals surface area (Å²) in [6.07, 6.45) is 11.0. The molecule has 1 aromatic carbocycles. The van der Waals surface area contributed by atoms with E-state index in [9.17, 15) is 4.79 Å². The SMILES string of the molecule is O=C(/C=C/c1ccc(COc2ccccc2)o1)C12CC3CC(CC(C3)C1)C2. The van der Waals surface area contributed by atoms with Gasteiger partial charge in [0.2, 0.25) is 0 Å². The van der Waals surface area contributed by atoms with Crippen LogP contribution in [0.1, 0.15) is 50.0 Å². The quantitative estimate of drug-likeness (QED) is 0.623. The summed E-state index contributed by atoms with van der Waals surface area (Å²) in [5, 5.41) is 0. The van der Waals surface area contributed by atoms with Crippen LogP contribution in [0.4, 0.5) is 0 Å². The van der Waals surface area contributed by atoms with Crippen molar-refractivity contribution in [1.29, 1.82) is 0 Å². The van der Waals surface area contributed by atoms with Gasteiger partial charge in [0, 0.05) is 5.41 Å². The number of para-hydroxylation sites is 1. The molecule has 4 saturated carbocycles. The first-order chi connectivity index (χ1) is 13.2. The van der Waals surface area contributed by atoms with E-state index in [0.717, 1.165) is 54.3 Å². The van der Waals surface area contributed by atoms with E-state index in [1.54, 1.807) is 6.08 Å². The second-order valence-electron chi connectivity index (χ2n) is 8.80. The van der Waals surface area contributed by atoms with Crippen LogP contribution in [-0.2, 0) is 11.4 Å². The van der Waals surface area contributed by atoms with Crippen molar-refractivity contribution in [2.75, 3.05) is 0 Å². The standard InChI is InChI=1S/C24H26O3/c25-23(24-13-17-10-18(14-24)12-19(11-17)15-24)9-8-21-6-7-22(27-21)16-26-20-4-2-1-3-5-20/h1-9,17-19H,10-16H2/b9-8+. The Kier molecular flexibility index (Phi) is 4.18. The van der Waals surface area contributed by atoms with Crippen LogP contribution < -0.4 is 4.74 Å². The monoisotopic (exact) mass is 362 g/mol. The van der Waals surface area contributed by atoms with Crippen LogP contribution in [0, 0.1) is 23.2 Å².